The van der Waals surface area contributed by atoms with Gasteiger partial charge < -0.3 is 0 Å². The Bertz CT molecular complexity index is 983. The van der Waals surface area contributed by atoms with Gasteiger partial charge in [-0.05, 0) is 35.9 Å². The normalized spacial score (nSPS) is 11.6. The summed E-state index contributed by atoms with van der Waals surface area (Å²) in [7, 11) is 0. The Morgan fingerprint density at radius 1 is 1.19 bits per heavy atom. The van der Waals surface area contributed by atoms with Crippen molar-refractivity contribution in [2.45, 2.75) is 11.4 Å². The summed E-state index contributed by atoms with van der Waals surface area (Å²) in [4.78, 5) is 8.07. The molecule has 0 aliphatic heterocycles. The van der Waals surface area contributed by atoms with Gasteiger partial charge >= 0.3 is 0 Å². The second-order valence-electron chi connectivity index (χ2n) is 5.09. The lowest BCUT2D eigenvalue weighted by atomic mass is 10.1. The van der Waals surface area contributed by atoms with Gasteiger partial charge in [-0.3, -0.25) is 0 Å². The topological polar surface area (TPSA) is 92.3 Å². The highest BCUT2D eigenvalue weighted by Gasteiger charge is 2.10. The number of halogens is 1. The number of hydrogen-bond acceptors (Lipinski definition) is 6. The number of aromatic nitrogens is 3. The Morgan fingerprint density at radius 3 is 2.69 bits per heavy atom. The predicted octanol–water partition coefficient (Wildman–Crippen LogP) is 2.22. The zero-order valence-corrected chi connectivity index (χ0v) is 14.9. The average molecular weight is 389 g/mol. The minimum Gasteiger partial charge on any atom is -0.249 e. The van der Waals surface area contributed by atoms with Crippen molar-refractivity contribution >= 4 is 22.7 Å². The van der Waals surface area contributed by atoms with Crippen LogP contribution in [0, 0.1) is 11.8 Å². The molecule has 0 amide bonds. The molecule has 132 valence electrons. The minimum absolute atomic E-state index is 0.243. The number of nitrogens with zero attached hydrogens (tertiary/aromatic N) is 3. The summed E-state index contributed by atoms with van der Waals surface area (Å²) in [5.41, 5.74) is 2.59. The lowest BCUT2D eigenvalue weighted by molar-refractivity contribution is -0.201. The zero-order valence-electron chi connectivity index (χ0n) is 13.3. The largest absolute Gasteiger partial charge is 0.249 e. The number of hydrogen-bond donors (Lipinski definition) is 1. The van der Waals surface area contributed by atoms with Crippen LogP contribution in [-0.2, 0) is 26.9 Å². The highest BCUT2D eigenvalue weighted by molar-refractivity contribution is 7.80. The van der Waals surface area contributed by atoms with Crippen molar-refractivity contribution < 1.29 is 13.5 Å². The molecule has 1 atom stereocenters. The van der Waals surface area contributed by atoms with Crippen LogP contribution in [-0.4, -0.2) is 19.0 Å². The van der Waals surface area contributed by atoms with Gasteiger partial charge in [0, 0.05) is 11.1 Å². The summed E-state index contributed by atoms with van der Waals surface area (Å²) in [5, 5.41) is 4.33. The summed E-state index contributed by atoms with van der Waals surface area (Å²) < 4.78 is 17.8. The lowest BCUT2D eigenvalue weighted by Gasteiger charge is -2.02. The molecule has 0 fully saturated rings. The third-order valence-electron chi connectivity index (χ3n) is 3.30. The number of nitrogens with two attached hydrogens (primary N) is 1. The standard InChI is InChI=1S/C17H13ClN4O3S/c18-16-9-14(6-7-17(16)26(23)25-24-19)5-4-13-2-1-3-15(8-13)10-22-12-20-11-21-22/h1-3,6-9,11-12H,10,19H2. The SMILES string of the molecule is NOOS(=O)c1ccc(C#Cc2cccc(Cn3cncn3)c2)cc1Cl. The fourth-order valence-corrected chi connectivity index (χ4v) is 3.09. The molecule has 2 N–H and O–H groups in total. The maximum atomic E-state index is 11.7. The molecule has 7 nitrogen and oxygen atoms in total. The van der Waals surface area contributed by atoms with Gasteiger partial charge in [-0.25, -0.2) is 13.9 Å². The van der Waals surface area contributed by atoms with Gasteiger partial charge in [0.05, 0.1) is 16.5 Å². The van der Waals surface area contributed by atoms with Crippen molar-refractivity contribution in [3.8, 4) is 11.8 Å². The van der Waals surface area contributed by atoms with Crippen LogP contribution in [0.3, 0.4) is 0 Å². The molecule has 0 aliphatic rings. The van der Waals surface area contributed by atoms with Gasteiger partial charge in [-0.15, -0.1) is 9.32 Å². The molecule has 0 bridgehead atoms. The van der Waals surface area contributed by atoms with E-state index in [4.69, 9.17) is 17.5 Å². The van der Waals surface area contributed by atoms with Crippen molar-refractivity contribution in [2.24, 2.45) is 5.90 Å². The van der Waals surface area contributed by atoms with Gasteiger partial charge in [0.25, 0.3) is 0 Å². The molecule has 0 saturated carbocycles. The summed E-state index contributed by atoms with van der Waals surface area (Å²) in [6, 6.07) is 12.6. The van der Waals surface area contributed by atoms with Gasteiger partial charge in [-0.1, -0.05) is 35.6 Å². The van der Waals surface area contributed by atoms with Crippen LogP contribution in [0.25, 0.3) is 0 Å². The summed E-state index contributed by atoms with van der Waals surface area (Å²) in [6.45, 7) is 0.616. The molecule has 0 spiro atoms. The van der Waals surface area contributed by atoms with E-state index in [0.717, 1.165) is 11.1 Å². The third-order valence-corrected chi connectivity index (χ3v) is 4.64. The van der Waals surface area contributed by atoms with Crippen molar-refractivity contribution in [1.82, 2.24) is 14.8 Å². The van der Waals surface area contributed by atoms with E-state index in [2.05, 4.69) is 31.2 Å². The first-order valence-corrected chi connectivity index (χ1v) is 8.79. The maximum Gasteiger partial charge on any atom is 0.223 e. The predicted molar refractivity (Wildman–Crippen MR) is 95.8 cm³/mol. The molecular weight excluding hydrogens is 376 g/mol. The van der Waals surface area contributed by atoms with Gasteiger partial charge in [0.15, 0.2) is 0 Å². The Morgan fingerprint density at radius 2 is 2.00 bits per heavy atom. The number of rotatable bonds is 5. The third kappa shape index (κ3) is 4.76. The maximum absolute atomic E-state index is 11.7. The monoisotopic (exact) mass is 388 g/mol. The first kappa shape index (κ1) is 18.3. The molecule has 1 unspecified atom stereocenters. The van der Waals surface area contributed by atoms with Crippen LogP contribution in [0.4, 0.5) is 0 Å². The first-order valence-electron chi connectivity index (χ1n) is 7.34. The summed E-state index contributed by atoms with van der Waals surface area (Å²) >= 11 is 4.19. The molecule has 9 heteroatoms. The zero-order chi connectivity index (χ0) is 18.4. The van der Waals surface area contributed by atoms with Crippen LogP contribution < -0.4 is 5.90 Å². The molecule has 0 saturated heterocycles. The highest BCUT2D eigenvalue weighted by atomic mass is 35.5. The van der Waals surface area contributed by atoms with E-state index in [9.17, 15) is 4.21 Å². The molecule has 3 rings (SSSR count). The minimum atomic E-state index is -1.90. The van der Waals surface area contributed by atoms with Crippen LogP contribution in [0.2, 0.25) is 5.02 Å². The van der Waals surface area contributed by atoms with Crippen LogP contribution >= 0.6 is 11.6 Å². The fraction of sp³-hybridized carbons (Fsp3) is 0.0588. The molecule has 2 aromatic carbocycles. The first-order chi connectivity index (χ1) is 12.7. The molecule has 1 heterocycles. The smallest absolute Gasteiger partial charge is 0.223 e. The van der Waals surface area contributed by atoms with E-state index in [0.29, 0.717) is 12.1 Å². The van der Waals surface area contributed by atoms with E-state index >= 15 is 0 Å². The van der Waals surface area contributed by atoms with Crippen molar-refractivity contribution in [2.75, 3.05) is 0 Å². The Hall–Kier alpha value is -2.54. The van der Waals surface area contributed by atoms with E-state index < -0.39 is 11.1 Å². The molecule has 0 radical (unpaired) electrons. The molecule has 1 aromatic heterocycles. The van der Waals surface area contributed by atoms with Crippen LogP contribution in [0.15, 0.2) is 60.0 Å². The Labute approximate surface area is 157 Å². The number of benzene rings is 2. The van der Waals surface area contributed by atoms with E-state index in [1.54, 1.807) is 29.2 Å². The molecule has 26 heavy (non-hydrogen) atoms. The fourth-order valence-electron chi connectivity index (χ4n) is 2.18. The summed E-state index contributed by atoms with van der Waals surface area (Å²) in [6.07, 6.45) is 3.15. The second kappa shape index (κ2) is 8.71. The Balaban J connectivity index is 1.77. The van der Waals surface area contributed by atoms with E-state index in [-0.39, 0.29) is 9.92 Å². The highest BCUT2D eigenvalue weighted by Crippen LogP contribution is 2.21. The average Bonchev–Trinajstić information content (AvgIpc) is 3.13. The molecular formula is C17H13ClN4O3S. The van der Waals surface area contributed by atoms with Gasteiger partial charge in [0.1, 0.15) is 12.7 Å². The van der Waals surface area contributed by atoms with Gasteiger partial charge in [-0.2, -0.15) is 11.0 Å². The van der Waals surface area contributed by atoms with Crippen molar-refractivity contribution in [1.29, 1.82) is 0 Å². The molecule has 0 aliphatic carbocycles. The van der Waals surface area contributed by atoms with Crippen molar-refractivity contribution in [3.63, 3.8) is 0 Å². The van der Waals surface area contributed by atoms with E-state index in [1.807, 2.05) is 24.3 Å². The quantitative estimate of drug-likeness (QED) is 0.409. The van der Waals surface area contributed by atoms with Crippen LogP contribution in [0.1, 0.15) is 16.7 Å². The van der Waals surface area contributed by atoms with Crippen LogP contribution in [0.5, 0.6) is 0 Å². The summed E-state index contributed by atoms with van der Waals surface area (Å²) in [5.74, 6) is 10.8. The van der Waals surface area contributed by atoms with Crippen molar-refractivity contribution in [3.05, 3.63) is 76.8 Å². The second-order valence-corrected chi connectivity index (χ2v) is 6.54. The van der Waals surface area contributed by atoms with E-state index in [1.165, 1.54) is 6.33 Å². The lowest BCUT2D eigenvalue weighted by Crippen LogP contribution is -2.04. The molecule has 3 aromatic rings. The Kier molecular flexibility index (Phi) is 6.12. The van der Waals surface area contributed by atoms with Gasteiger partial charge in [0.2, 0.25) is 11.1 Å².